The van der Waals surface area contributed by atoms with Crippen LogP contribution in [0.1, 0.15) is 0 Å². The van der Waals surface area contributed by atoms with Gasteiger partial charge >= 0.3 is 0 Å². The van der Waals surface area contributed by atoms with Crippen LogP contribution in [0.4, 0.5) is 0 Å². The smallest absolute Gasteiger partial charge is 0.117 e. The molecule has 0 spiro atoms. The highest BCUT2D eigenvalue weighted by Crippen LogP contribution is 1.85. The summed E-state index contributed by atoms with van der Waals surface area (Å²) in [5, 5.41) is 7.20. The fraction of sp³-hybridized carbons (Fsp3) is 0.333. The van der Waals surface area contributed by atoms with E-state index >= 15 is 0 Å². The number of allylic oxidation sites excluding steroid dienone is 1. The van der Waals surface area contributed by atoms with Gasteiger partial charge in [-0.15, -0.1) is 0 Å². The summed E-state index contributed by atoms with van der Waals surface area (Å²) in [4.78, 5) is 3.70. The Hall–Kier alpha value is -0.390. The number of aliphatic imine (C=N–C) groups is 1. The summed E-state index contributed by atoms with van der Waals surface area (Å²) >= 11 is 2.12. The Morgan fingerprint density at radius 1 is 1.70 bits per heavy atom. The van der Waals surface area contributed by atoms with Crippen molar-refractivity contribution in [2.75, 3.05) is 11.5 Å². The third-order valence-corrected chi connectivity index (χ3v) is 1.68. The number of hydrogen-bond acceptors (Lipinski definition) is 2. The molecule has 0 aromatic heterocycles. The molecule has 0 aliphatic heterocycles. The molecule has 0 aliphatic rings. The average molecular weight is 251 g/mol. The zero-order valence-corrected chi connectivity index (χ0v) is 7.92. The molecule has 0 saturated carbocycles. The van der Waals surface area contributed by atoms with Gasteiger partial charge in [-0.3, -0.25) is 4.99 Å². The van der Waals surface area contributed by atoms with Gasteiger partial charge < -0.3 is 11.1 Å². The number of nitrogens with two attached hydrogens (primary N) is 1. The minimum absolute atomic E-state index is 0.453. The standard InChI is InChI=1S/C6H10IN3/c1-10-6(9)3-2-5(8)4-7/h2-3,8H,4H2,1H3,(H2,9,10)/b3-2-,8-5?. The highest BCUT2D eigenvalue weighted by molar-refractivity contribution is 14.1. The van der Waals surface area contributed by atoms with Crippen LogP contribution in [0.15, 0.2) is 17.1 Å². The molecule has 0 saturated heterocycles. The van der Waals surface area contributed by atoms with Crippen molar-refractivity contribution in [3.8, 4) is 0 Å². The van der Waals surface area contributed by atoms with E-state index in [1.165, 1.54) is 0 Å². The van der Waals surface area contributed by atoms with E-state index in [1.807, 2.05) is 0 Å². The molecule has 0 amide bonds. The Morgan fingerprint density at radius 2 is 2.30 bits per heavy atom. The quantitative estimate of drug-likeness (QED) is 0.334. The van der Waals surface area contributed by atoms with E-state index in [0.717, 1.165) is 0 Å². The molecule has 4 heteroatoms. The Labute approximate surface area is 74.1 Å². The average Bonchev–Trinajstić information content (AvgIpc) is 1.99. The van der Waals surface area contributed by atoms with Crippen molar-refractivity contribution >= 4 is 34.1 Å². The van der Waals surface area contributed by atoms with Crippen molar-refractivity contribution < 1.29 is 0 Å². The maximum absolute atomic E-state index is 7.20. The minimum Gasteiger partial charge on any atom is -0.384 e. The Morgan fingerprint density at radius 3 is 2.70 bits per heavy atom. The molecular weight excluding hydrogens is 241 g/mol. The number of amidine groups is 1. The van der Waals surface area contributed by atoms with Crippen LogP contribution in [-0.4, -0.2) is 23.0 Å². The lowest BCUT2D eigenvalue weighted by atomic mass is 10.3. The minimum atomic E-state index is 0.453. The van der Waals surface area contributed by atoms with Crippen LogP contribution >= 0.6 is 22.6 Å². The predicted molar refractivity (Wildman–Crippen MR) is 53.3 cm³/mol. The Balaban J connectivity index is 3.88. The molecule has 0 unspecified atom stereocenters. The second-order valence-electron chi connectivity index (χ2n) is 1.64. The lowest BCUT2D eigenvalue weighted by molar-refractivity contribution is 1.41. The fourth-order valence-electron chi connectivity index (χ4n) is 0.305. The second kappa shape index (κ2) is 5.40. The maximum atomic E-state index is 7.20. The summed E-state index contributed by atoms with van der Waals surface area (Å²) in [6.07, 6.45) is 3.27. The van der Waals surface area contributed by atoms with Gasteiger partial charge in [-0.25, -0.2) is 0 Å². The van der Waals surface area contributed by atoms with Crippen LogP contribution < -0.4 is 5.73 Å². The van der Waals surface area contributed by atoms with E-state index in [2.05, 4.69) is 27.6 Å². The fourth-order valence-corrected chi connectivity index (χ4v) is 0.559. The van der Waals surface area contributed by atoms with E-state index in [-0.39, 0.29) is 0 Å². The summed E-state index contributed by atoms with van der Waals surface area (Å²) < 4.78 is 0.700. The highest BCUT2D eigenvalue weighted by atomic mass is 127. The third kappa shape index (κ3) is 4.49. The van der Waals surface area contributed by atoms with Crippen LogP contribution in [0.5, 0.6) is 0 Å². The van der Waals surface area contributed by atoms with E-state index in [1.54, 1.807) is 19.2 Å². The van der Waals surface area contributed by atoms with Crippen molar-refractivity contribution in [1.29, 1.82) is 5.41 Å². The summed E-state index contributed by atoms with van der Waals surface area (Å²) in [6, 6.07) is 0. The number of halogens is 1. The van der Waals surface area contributed by atoms with Crippen molar-refractivity contribution in [1.82, 2.24) is 0 Å². The molecule has 0 radical (unpaired) electrons. The number of nitrogens with one attached hydrogen (secondary N) is 1. The molecular formula is C6H10IN3. The number of hydrogen-bond donors (Lipinski definition) is 2. The lowest BCUT2D eigenvalue weighted by Gasteiger charge is -1.88. The first kappa shape index (κ1) is 9.61. The first-order valence-corrected chi connectivity index (χ1v) is 4.27. The molecule has 3 N–H and O–H groups in total. The molecule has 0 heterocycles. The van der Waals surface area contributed by atoms with E-state index in [9.17, 15) is 0 Å². The molecule has 0 aromatic carbocycles. The SMILES string of the molecule is C/N=C(N)\C=C/C(=N)CI. The second-order valence-corrected chi connectivity index (χ2v) is 2.40. The number of rotatable bonds is 3. The van der Waals surface area contributed by atoms with Crippen LogP contribution in [-0.2, 0) is 0 Å². The molecule has 0 fully saturated rings. The molecule has 3 nitrogen and oxygen atoms in total. The van der Waals surface area contributed by atoms with Gasteiger partial charge in [0.2, 0.25) is 0 Å². The summed E-state index contributed by atoms with van der Waals surface area (Å²) in [7, 11) is 1.62. The predicted octanol–water partition coefficient (Wildman–Crippen LogP) is 0.984. The van der Waals surface area contributed by atoms with E-state index in [0.29, 0.717) is 16.0 Å². The first-order chi connectivity index (χ1) is 4.70. The number of nitrogens with zero attached hydrogens (tertiary/aromatic N) is 1. The van der Waals surface area contributed by atoms with Gasteiger partial charge in [-0.05, 0) is 12.2 Å². The van der Waals surface area contributed by atoms with Crippen molar-refractivity contribution in [3.63, 3.8) is 0 Å². The molecule has 0 aliphatic carbocycles. The van der Waals surface area contributed by atoms with Gasteiger partial charge in [0.15, 0.2) is 0 Å². The van der Waals surface area contributed by atoms with Gasteiger partial charge in [0.1, 0.15) is 5.84 Å². The maximum Gasteiger partial charge on any atom is 0.117 e. The zero-order chi connectivity index (χ0) is 7.98. The molecule has 56 valence electrons. The van der Waals surface area contributed by atoms with Crippen LogP contribution in [0.3, 0.4) is 0 Å². The van der Waals surface area contributed by atoms with Gasteiger partial charge in [0.05, 0.1) is 0 Å². The molecule has 0 aromatic rings. The van der Waals surface area contributed by atoms with Gasteiger partial charge in [-0.2, -0.15) is 0 Å². The van der Waals surface area contributed by atoms with Crippen LogP contribution in [0.25, 0.3) is 0 Å². The van der Waals surface area contributed by atoms with E-state index < -0.39 is 0 Å². The Bertz CT molecular complexity index is 172. The van der Waals surface area contributed by atoms with Crippen molar-refractivity contribution in [2.24, 2.45) is 10.7 Å². The summed E-state index contributed by atoms with van der Waals surface area (Å²) in [6.45, 7) is 0. The first-order valence-electron chi connectivity index (χ1n) is 2.74. The summed E-state index contributed by atoms with van der Waals surface area (Å²) in [5.41, 5.74) is 5.89. The molecule has 10 heavy (non-hydrogen) atoms. The van der Waals surface area contributed by atoms with Crippen LogP contribution in [0.2, 0.25) is 0 Å². The third-order valence-electron chi connectivity index (χ3n) is 0.857. The molecule has 0 bridgehead atoms. The lowest BCUT2D eigenvalue weighted by Crippen LogP contribution is -2.07. The van der Waals surface area contributed by atoms with Crippen molar-refractivity contribution in [2.45, 2.75) is 0 Å². The number of alkyl halides is 1. The van der Waals surface area contributed by atoms with Crippen LogP contribution in [0, 0.1) is 5.41 Å². The monoisotopic (exact) mass is 251 g/mol. The topological polar surface area (TPSA) is 62.2 Å². The Kier molecular flexibility index (Phi) is 5.19. The van der Waals surface area contributed by atoms with Crippen molar-refractivity contribution in [3.05, 3.63) is 12.2 Å². The normalized spacial score (nSPS) is 12.4. The molecule has 0 atom stereocenters. The highest BCUT2D eigenvalue weighted by Gasteiger charge is 1.85. The van der Waals surface area contributed by atoms with E-state index in [4.69, 9.17) is 11.1 Å². The van der Waals surface area contributed by atoms with Gasteiger partial charge in [-0.1, -0.05) is 22.6 Å². The van der Waals surface area contributed by atoms with Gasteiger partial charge in [0.25, 0.3) is 0 Å². The zero-order valence-electron chi connectivity index (χ0n) is 5.76. The van der Waals surface area contributed by atoms with Gasteiger partial charge in [0, 0.05) is 17.2 Å². The largest absolute Gasteiger partial charge is 0.384 e. The molecule has 0 rings (SSSR count). The summed E-state index contributed by atoms with van der Waals surface area (Å²) in [5.74, 6) is 0.453.